The van der Waals surface area contributed by atoms with Crippen LogP contribution in [0.1, 0.15) is 18.4 Å². The molecule has 1 aliphatic rings. The zero-order chi connectivity index (χ0) is 33.0. The number of para-hydroxylation sites is 2. The van der Waals surface area contributed by atoms with E-state index in [2.05, 4.69) is 95.6 Å². The van der Waals surface area contributed by atoms with Crippen molar-refractivity contribution in [2.24, 2.45) is 0 Å². The third kappa shape index (κ3) is 4.66. The summed E-state index contributed by atoms with van der Waals surface area (Å²) in [5, 5.41) is 4.55. The second-order valence-electron chi connectivity index (χ2n) is 12.8. The van der Waals surface area contributed by atoms with E-state index in [1.165, 1.54) is 5.57 Å². The van der Waals surface area contributed by atoms with Crippen molar-refractivity contribution >= 4 is 49.3 Å². The van der Waals surface area contributed by atoms with Gasteiger partial charge in [0.25, 0.3) is 0 Å². The predicted octanol–water partition coefficient (Wildman–Crippen LogP) is 11.6. The third-order valence-electron chi connectivity index (χ3n) is 9.73. The number of furan rings is 1. The second-order valence-corrected chi connectivity index (χ2v) is 12.8. The van der Waals surface area contributed by atoms with Crippen molar-refractivity contribution in [1.29, 1.82) is 0 Å². The number of fused-ring (bicyclic) bond motifs is 6. The molecule has 9 aromatic rings. The van der Waals surface area contributed by atoms with Gasteiger partial charge in [0.2, 0.25) is 5.95 Å². The van der Waals surface area contributed by atoms with Crippen molar-refractivity contribution in [3.63, 3.8) is 0 Å². The van der Waals surface area contributed by atoms with E-state index in [-0.39, 0.29) is 0 Å². The molecule has 0 atom stereocenters. The normalized spacial score (nSPS) is 13.1. The summed E-state index contributed by atoms with van der Waals surface area (Å²) in [6.07, 6.45) is 8.63. The van der Waals surface area contributed by atoms with E-state index in [1.807, 2.05) is 66.7 Å². The first-order valence-electron chi connectivity index (χ1n) is 17.0. The smallest absolute Gasteiger partial charge is 0.238 e. The van der Waals surface area contributed by atoms with Crippen molar-refractivity contribution in [3.8, 4) is 39.9 Å². The molecule has 50 heavy (non-hydrogen) atoms. The van der Waals surface area contributed by atoms with Crippen LogP contribution in [0.15, 0.2) is 162 Å². The Labute approximate surface area is 288 Å². The molecule has 236 valence electrons. The number of nitrogens with zero attached hydrogens (tertiary/aromatic N) is 4. The average molecular weight is 643 g/mol. The maximum absolute atomic E-state index is 6.50. The molecule has 0 saturated carbocycles. The summed E-state index contributed by atoms with van der Waals surface area (Å²) in [4.78, 5) is 15.1. The van der Waals surface area contributed by atoms with E-state index in [0.29, 0.717) is 17.6 Å². The van der Waals surface area contributed by atoms with E-state index < -0.39 is 0 Å². The van der Waals surface area contributed by atoms with Gasteiger partial charge in [0.1, 0.15) is 11.2 Å². The fourth-order valence-electron chi connectivity index (χ4n) is 7.32. The van der Waals surface area contributed by atoms with Crippen molar-refractivity contribution < 1.29 is 4.42 Å². The molecule has 5 heteroatoms. The predicted molar refractivity (Wildman–Crippen MR) is 204 cm³/mol. The van der Waals surface area contributed by atoms with Gasteiger partial charge in [0, 0.05) is 38.2 Å². The lowest BCUT2D eigenvalue weighted by Gasteiger charge is -2.13. The van der Waals surface area contributed by atoms with Crippen LogP contribution in [0.25, 0.3) is 89.2 Å². The summed E-state index contributed by atoms with van der Waals surface area (Å²) < 4.78 is 8.68. The van der Waals surface area contributed by atoms with Gasteiger partial charge in [0.05, 0.1) is 11.0 Å². The largest absolute Gasteiger partial charge is 0.455 e. The molecule has 0 N–H and O–H groups in total. The van der Waals surface area contributed by atoms with Crippen LogP contribution in [-0.4, -0.2) is 19.5 Å². The molecule has 0 fully saturated rings. The fourth-order valence-corrected chi connectivity index (χ4v) is 7.32. The van der Waals surface area contributed by atoms with E-state index in [1.54, 1.807) is 0 Å². The minimum Gasteiger partial charge on any atom is -0.455 e. The van der Waals surface area contributed by atoms with Gasteiger partial charge in [-0.2, -0.15) is 9.97 Å². The van der Waals surface area contributed by atoms with Crippen molar-refractivity contribution in [3.05, 3.63) is 163 Å². The highest BCUT2D eigenvalue weighted by Gasteiger charge is 2.20. The summed E-state index contributed by atoms with van der Waals surface area (Å²) in [6.45, 7) is 0. The molecule has 0 spiro atoms. The van der Waals surface area contributed by atoms with Crippen LogP contribution in [0.5, 0.6) is 0 Å². The van der Waals surface area contributed by atoms with Crippen LogP contribution in [0, 0.1) is 0 Å². The molecule has 3 aromatic heterocycles. The first-order valence-corrected chi connectivity index (χ1v) is 17.0. The van der Waals surface area contributed by atoms with Gasteiger partial charge in [-0.05, 0) is 65.9 Å². The van der Waals surface area contributed by atoms with Gasteiger partial charge < -0.3 is 4.42 Å². The molecule has 0 saturated heterocycles. The monoisotopic (exact) mass is 642 g/mol. The van der Waals surface area contributed by atoms with Gasteiger partial charge in [-0.3, -0.25) is 4.57 Å². The average Bonchev–Trinajstić information content (AvgIpc) is 3.74. The quantitative estimate of drug-likeness (QED) is 0.187. The molecule has 0 bridgehead atoms. The summed E-state index contributed by atoms with van der Waals surface area (Å²) in [5.41, 5.74) is 10.6. The van der Waals surface area contributed by atoms with Gasteiger partial charge in [0.15, 0.2) is 11.6 Å². The molecular formula is C45H30N4O. The topological polar surface area (TPSA) is 56.7 Å². The minimum absolute atomic E-state index is 0.586. The summed E-state index contributed by atoms with van der Waals surface area (Å²) in [6, 6.07) is 48.4. The Morgan fingerprint density at radius 2 is 1.18 bits per heavy atom. The Bertz CT molecular complexity index is 2750. The highest BCUT2D eigenvalue weighted by Crippen LogP contribution is 2.41. The molecule has 0 aliphatic heterocycles. The Balaban J connectivity index is 1.20. The van der Waals surface area contributed by atoms with Crippen LogP contribution in [-0.2, 0) is 0 Å². The lowest BCUT2D eigenvalue weighted by Crippen LogP contribution is -2.06. The Hall–Kier alpha value is -6.59. The Morgan fingerprint density at radius 3 is 1.92 bits per heavy atom. The highest BCUT2D eigenvalue weighted by atomic mass is 16.3. The van der Waals surface area contributed by atoms with E-state index in [9.17, 15) is 0 Å². The standard InChI is InChI=1S/C45H30N4O/c1-4-14-29(15-5-1)36-27-33(28-38-35-21-11-13-23-41(35)50-42(36)38)32-24-25-40-37(26-32)34-20-10-12-22-39(34)49(40)45-47-43(30-16-6-2-7-17-30)46-44(48-45)31-18-8-3-9-19-31/h1-4,6-14,16-28H,5,15H2. The number of aromatic nitrogens is 4. The Kier molecular flexibility index (Phi) is 6.56. The number of hydrogen-bond acceptors (Lipinski definition) is 4. The summed E-state index contributed by atoms with van der Waals surface area (Å²) in [7, 11) is 0. The first kappa shape index (κ1) is 28.4. The third-order valence-corrected chi connectivity index (χ3v) is 9.73. The maximum Gasteiger partial charge on any atom is 0.238 e. The molecule has 0 amide bonds. The number of benzene rings is 6. The van der Waals surface area contributed by atoms with E-state index >= 15 is 0 Å². The highest BCUT2D eigenvalue weighted by molar-refractivity contribution is 6.12. The zero-order valence-corrected chi connectivity index (χ0v) is 27.1. The summed E-state index contributed by atoms with van der Waals surface area (Å²) >= 11 is 0. The van der Waals surface area contributed by atoms with Crippen molar-refractivity contribution in [1.82, 2.24) is 19.5 Å². The van der Waals surface area contributed by atoms with Crippen LogP contribution < -0.4 is 0 Å². The zero-order valence-electron chi connectivity index (χ0n) is 27.1. The molecule has 3 heterocycles. The molecule has 5 nitrogen and oxygen atoms in total. The minimum atomic E-state index is 0.586. The number of rotatable bonds is 5. The first-order chi connectivity index (χ1) is 24.8. The van der Waals surface area contributed by atoms with Gasteiger partial charge in [-0.15, -0.1) is 0 Å². The van der Waals surface area contributed by atoms with Crippen LogP contribution >= 0.6 is 0 Å². The van der Waals surface area contributed by atoms with Crippen molar-refractivity contribution in [2.75, 3.05) is 0 Å². The van der Waals surface area contributed by atoms with Crippen molar-refractivity contribution in [2.45, 2.75) is 12.8 Å². The molecule has 1 aliphatic carbocycles. The molecular weight excluding hydrogens is 613 g/mol. The van der Waals surface area contributed by atoms with Crippen LogP contribution in [0.3, 0.4) is 0 Å². The lowest BCUT2D eigenvalue weighted by molar-refractivity contribution is 0.667. The number of allylic oxidation sites excluding steroid dienone is 4. The molecule has 0 unspecified atom stereocenters. The van der Waals surface area contributed by atoms with Gasteiger partial charge >= 0.3 is 0 Å². The lowest BCUT2D eigenvalue weighted by atomic mass is 9.91. The molecule has 0 radical (unpaired) electrons. The van der Waals surface area contributed by atoms with Crippen LogP contribution in [0.2, 0.25) is 0 Å². The molecule has 10 rings (SSSR count). The SMILES string of the molecule is C1=CCCC(c2cc(-c3ccc4c(c3)c3ccccc3n4-c3nc(-c4ccccc4)nc(-c4ccccc4)n3)cc3c2oc2ccccc23)=C1. The fraction of sp³-hybridized carbons (Fsp3) is 0.0444. The van der Waals surface area contributed by atoms with Gasteiger partial charge in [-0.25, -0.2) is 4.98 Å². The second kappa shape index (κ2) is 11.5. The molecule has 6 aromatic carbocycles. The van der Waals surface area contributed by atoms with E-state index in [0.717, 1.165) is 84.4 Å². The Morgan fingerprint density at radius 1 is 0.520 bits per heavy atom. The van der Waals surface area contributed by atoms with E-state index in [4.69, 9.17) is 19.4 Å². The van der Waals surface area contributed by atoms with Gasteiger partial charge in [-0.1, -0.05) is 121 Å². The number of hydrogen-bond donors (Lipinski definition) is 0. The summed E-state index contributed by atoms with van der Waals surface area (Å²) in [5.74, 6) is 1.86. The maximum atomic E-state index is 6.50. The van der Waals surface area contributed by atoms with Crippen LogP contribution in [0.4, 0.5) is 0 Å².